The van der Waals surface area contributed by atoms with E-state index in [-0.39, 0.29) is 5.91 Å². The predicted molar refractivity (Wildman–Crippen MR) is 69.9 cm³/mol. The molecule has 1 fully saturated rings. The fourth-order valence-electron chi connectivity index (χ4n) is 2.22. The fraction of sp³-hybridized carbons (Fsp3) is 0.500. The number of hydrogen-bond acceptors (Lipinski definition) is 2. The number of hydrogen-bond donors (Lipinski definition) is 2. The van der Waals surface area contributed by atoms with Gasteiger partial charge >= 0.3 is 0 Å². The third kappa shape index (κ3) is 3.22. The van der Waals surface area contributed by atoms with Crippen molar-refractivity contribution in [2.45, 2.75) is 32.6 Å². The Hall–Kier alpha value is -1.51. The van der Waals surface area contributed by atoms with Crippen LogP contribution >= 0.6 is 0 Å². The van der Waals surface area contributed by atoms with E-state index in [2.05, 4.69) is 5.32 Å². The summed E-state index contributed by atoms with van der Waals surface area (Å²) in [6.45, 7) is 2.72. The van der Waals surface area contributed by atoms with Crippen molar-refractivity contribution >= 4 is 11.6 Å². The number of aryl methyl sites for hydroxylation is 1. The van der Waals surface area contributed by atoms with Gasteiger partial charge in [-0.2, -0.15) is 0 Å². The molecule has 92 valence electrons. The van der Waals surface area contributed by atoms with Crippen LogP contribution in [-0.4, -0.2) is 12.5 Å². The molecule has 2 rings (SSSR count). The molecule has 0 saturated heterocycles. The van der Waals surface area contributed by atoms with Gasteiger partial charge in [0.05, 0.1) is 0 Å². The molecule has 0 aromatic heterocycles. The van der Waals surface area contributed by atoms with E-state index < -0.39 is 0 Å². The van der Waals surface area contributed by atoms with Crippen LogP contribution in [0, 0.1) is 12.8 Å². The molecule has 0 bridgehead atoms. The van der Waals surface area contributed by atoms with Crippen LogP contribution in [0.4, 0.5) is 5.69 Å². The fourth-order valence-corrected chi connectivity index (χ4v) is 2.22. The van der Waals surface area contributed by atoms with Gasteiger partial charge < -0.3 is 11.1 Å². The molecule has 0 radical (unpaired) electrons. The quantitative estimate of drug-likeness (QED) is 0.784. The van der Waals surface area contributed by atoms with Crippen LogP contribution in [-0.2, 0) is 0 Å². The van der Waals surface area contributed by atoms with E-state index in [4.69, 9.17) is 5.73 Å². The van der Waals surface area contributed by atoms with Crippen molar-refractivity contribution in [1.29, 1.82) is 0 Å². The summed E-state index contributed by atoms with van der Waals surface area (Å²) in [6, 6.07) is 5.46. The van der Waals surface area contributed by atoms with Crippen LogP contribution in [0.2, 0.25) is 0 Å². The lowest BCUT2D eigenvalue weighted by molar-refractivity contribution is 0.0949. The van der Waals surface area contributed by atoms with Gasteiger partial charge in [0, 0.05) is 17.8 Å². The average molecular weight is 232 g/mol. The molecule has 1 saturated carbocycles. The maximum Gasteiger partial charge on any atom is 0.251 e. The van der Waals surface area contributed by atoms with Gasteiger partial charge in [0.2, 0.25) is 0 Å². The zero-order valence-corrected chi connectivity index (χ0v) is 10.3. The first kappa shape index (κ1) is 12.0. The summed E-state index contributed by atoms with van der Waals surface area (Å²) in [4.78, 5) is 11.9. The molecule has 1 aliphatic carbocycles. The summed E-state index contributed by atoms with van der Waals surface area (Å²) >= 11 is 0. The Morgan fingerprint density at radius 3 is 2.76 bits per heavy atom. The van der Waals surface area contributed by atoms with Crippen molar-refractivity contribution in [3.8, 4) is 0 Å². The zero-order valence-electron chi connectivity index (χ0n) is 10.3. The van der Waals surface area contributed by atoms with Crippen LogP contribution in [0.5, 0.6) is 0 Å². The molecule has 1 amide bonds. The Balaban J connectivity index is 1.85. The number of rotatable bonds is 4. The highest BCUT2D eigenvalue weighted by Crippen LogP contribution is 2.28. The van der Waals surface area contributed by atoms with Gasteiger partial charge in [0.25, 0.3) is 5.91 Å². The van der Waals surface area contributed by atoms with E-state index in [9.17, 15) is 4.79 Å². The minimum atomic E-state index is -0.0141. The highest BCUT2D eigenvalue weighted by atomic mass is 16.1. The molecule has 17 heavy (non-hydrogen) atoms. The predicted octanol–water partition coefficient (Wildman–Crippen LogP) is 2.50. The third-order valence-electron chi connectivity index (χ3n) is 3.42. The average Bonchev–Trinajstić information content (AvgIpc) is 2.20. The van der Waals surface area contributed by atoms with Crippen molar-refractivity contribution in [3.63, 3.8) is 0 Å². The maximum atomic E-state index is 11.9. The van der Waals surface area contributed by atoms with Crippen LogP contribution < -0.4 is 11.1 Å². The summed E-state index contributed by atoms with van der Waals surface area (Å²) in [5, 5.41) is 2.96. The van der Waals surface area contributed by atoms with E-state index in [1.54, 1.807) is 6.07 Å². The van der Waals surface area contributed by atoms with E-state index in [0.717, 1.165) is 24.4 Å². The Labute approximate surface area is 102 Å². The molecular weight excluding hydrogens is 212 g/mol. The Bertz CT molecular complexity index is 390. The standard InChI is InChI=1S/C14H20N2O/c1-10-7-12(9-13(15)8-10)14(17)16-6-5-11-3-2-4-11/h7-9,11H,2-6,15H2,1H3,(H,16,17). The SMILES string of the molecule is Cc1cc(N)cc(C(=O)NCCC2CCC2)c1. The minimum Gasteiger partial charge on any atom is -0.399 e. The second-order valence-electron chi connectivity index (χ2n) is 4.97. The molecule has 0 heterocycles. The monoisotopic (exact) mass is 232 g/mol. The number of benzene rings is 1. The lowest BCUT2D eigenvalue weighted by Crippen LogP contribution is -2.27. The maximum absolute atomic E-state index is 11.9. The first-order chi connectivity index (χ1) is 8.15. The molecule has 3 heteroatoms. The summed E-state index contributed by atoms with van der Waals surface area (Å²) in [7, 11) is 0. The zero-order chi connectivity index (χ0) is 12.3. The highest BCUT2D eigenvalue weighted by molar-refractivity contribution is 5.95. The lowest BCUT2D eigenvalue weighted by Gasteiger charge is -2.25. The van der Waals surface area contributed by atoms with Crippen LogP contribution in [0.15, 0.2) is 18.2 Å². The van der Waals surface area contributed by atoms with Gasteiger partial charge in [-0.15, -0.1) is 0 Å². The lowest BCUT2D eigenvalue weighted by atomic mass is 9.83. The number of amides is 1. The van der Waals surface area contributed by atoms with Crippen LogP contribution in [0.1, 0.15) is 41.6 Å². The van der Waals surface area contributed by atoms with E-state index in [0.29, 0.717) is 11.3 Å². The second kappa shape index (κ2) is 5.21. The molecule has 1 aliphatic rings. The summed E-state index contributed by atoms with van der Waals surface area (Å²) in [6.07, 6.45) is 5.11. The molecule has 0 unspecified atom stereocenters. The van der Waals surface area contributed by atoms with Gasteiger partial charge in [-0.3, -0.25) is 4.79 Å². The number of carbonyl (C=O) groups excluding carboxylic acids is 1. The Kier molecular flexibility index (Phi) is 3.67. The van der Waals surface area contributed by atoms with Gasteiger partial charge in [0.15, 0.2) is 0 Å². The van der Waals surface area contributed by atoms with Gasteiger partial charge in [-0.1, -0.05) is 19.3 Å². The van der Waals surface area contributed by atoms with Crippen molar-refractivity contribution in [2.24, 2.45) is 5.92 Å². The van der Waals surface area contributed by atoms with E-state index >= 15 is 0 Å². The number of nitrogens with two attached hydrogens (primary N) is 1. The molecule has 0 atom stereocenters. The Morgan fingerprint density at radius 2 is 2.18 bits per heavy atom. The first-order valence-corrected chi connectivity index (χ1v) is 6.30. The topological polar surface area (TPSA) is 55.1 Å². The molecule has 0 aliphatic heterocycles. The van der Waals surface area contributed by atoms with Gasteiger partial charge in [0.1, 0.15) is 0 Å². The number of nitrogen functional groups attached to an aromatic ring is 1. The van der Waals surface area contributed by atoms with Gasteiger partial charge in [-0.05, 0) is 43.0 Å². The summed E-state index contributed by atoms with van der Waals surface area (Å²) in [5.74, 6) is 0.817. The molecular formula is C14H20N2O. The number of nitrogens with one attached hydrogen (secondary N) is 1. The normalized spacial score (nSPS) is 15.4. The van der Waals surface area contributed by atoms with Crippen molar-refractivity contribution in [3.05, 3.63) is 29.3 Å². The van der Waals surface area contributed by atoms with Gasteiger partial charge in [-0.25, -0.2) is 0 Å². The van der Waals surface area contributed by atoms with Crippen molar-refractivity contribution < 1.29 is 4.79 Å². The van der Waals surface area contributed by atoms with Crippen molar-refractivity contribution in [2.75, 3.05) is 12.3 Å². The number of carbonyl (C=O) groups is 1. The summed E-state index contributed by atoms with van der Waals surface area (Å²) < 4.78 is 0. The van der Waals surface area contributed by atoms with Crippen LogP contribution in [0.3, 0.4) is 0 Å². The Morgan fingerprint density at radius 1 is 1.41 bits per heavy atom. The number of anilines is 1. The molecule has 3 N–H and O–H groups in total. The van der Waals surface area contributed by atoms with Crippen LogP contribution in [0.25, 0.3) is 0 Å². The smallest absolute Gasteiger partial charge is 0.251 e. The summed E-state index contributed by atoms with van der Waals surface area (Å²) in [5.41, 5.74) is 8.06. The third-order valence-corrected chi connectivity index (χ3v) is 3.42. The molecule has 1 aromatic carbocycles. The largest absolute Gasteiger partial charge is 0.399 e. The molecule has 3 nitrogen and oxygen atoms in total. The highest BCUT2D eigenvalue weighted by Gasteiger charge is 2.17. The van der Waals surface area contributed by atoms with E-state index in [1.165, 1.54) is 19.3 Å². The molecule has 1 aromatic rings. The first-order valence-electron chi connectivity index (χ1n) is 6.30. The second-order valence-corrected chi connectivity index (χ2v) is 4.97. The van der Waals surface area contributed by atoms with Crippen molar-refractivity contribution in [1.82, 2.24) is 5.32 Å². The van der Waals surface area contributed by atoms with E-state index in [1.807, 2.05) is 19.1 Å². The molecule has 0 spiro atoms. The minimum absolute atomic E-state index is 0.0141.